The summed E-state index contributed by atoms with van der Waals surface area (Å²) in [5.41, 5.74) is -2.74. The lowest BCUT2D eigenvalue weighted by Crippen LogP contribution is -2.11. The van der Waals surface area contributed by atoms with E-state index >= 15 is 0 Å². The Morgan fingerprint density at radius 1 is 0.789 bits per heavy atom. The Kier molecular flexibility index (Phi) is 6.12. The van der Waals surface area contributed by atoms with E-state index in [0.29, 0.717) is 12.1 Å². The summed E-state index contributed by atoms with van der Waals surface area (Å²) in [5.74, 6) is 0. The van der Waals surface area contributed by atoms with Crippen molar-refractivity contribution in [1.82, 2.24) is 0 Å². The molecule has 0 bridgehead atoms. The molecular weight excluding hydrogens is 270 g/mol. The molecule has 0 nitrogen and oxygen atoms in total. The topological polar surface area (TPSA) is 0 Å². The number of halogens is 6. The van der Waals surface area contributed by atoms with Gasteiger partial charge in [-0.05, 0) is 30.7 Å². The highest BCUT2D eigenvalue weighted by Crippen LogP contribution is 2.36. The standard InChI is InChI=1S/C11H8F6.C2H6/c1-2-3-7-4-8(10(12,13)14)6-9(5-7)11(15,16)17;1-2/h2-6H,1H3;1-2H3/b3-2+;. The van der Waals surface area contributed by atoms with Crippen LogP contribution in [0.3, 0.4) is 0 Å². The summed E-state index contributed by atoms with van der Waals surface area (Å²) in [6, 6.07) is 1.46. The van der Waals surface area contributed by atoms with Crippen molar-refractivity contribution in [2.24, 2.45) is 0 Å². The molecule has 0 amide bonds. The van der Waals surface area contributed by atoms with Crippen LogP contribution in [0.5, 0.6) is 0 Å². The second-order valence-corrected chi connectivity index (χ2v) is 3.34. The number of allylic oxidation sites excluding steroid dienone is 1. The van der Waals surface area contributed by atoms with Crippen LogP contribution in [0.15, 0.2) is 24.3 Å². The highest BCUT2D eigenvalue weighted by atomic mass is 19.4. The summed E-state index contributed by atoms with van der Waals surface area (Å²) >= 11 is 0. The van der Waals surface area contributed by atoms with Gasteiger partial charge in [-0.3, -0.25) is 0 Å². The second kappa shape index (κ2) is 6.63. The molecule has 0 spiro atoms. The Morgan fingerprint density at radius 3 is 1.42 bits per heavy atom. The fraction of sp³-hybridized carbons (Fsp3) is 0.385. The van der Waals surface area contributed by atoms with Gasteiger partial charge in [-0.2, -0.15) is 26.3 Å². The molecule has 0 N–H and O–H groups in total. The van der Waals surface area contributed by atoms with Gasteiger partial charge in [-0.1, -0.05) is 26.0 Å². The van der Waals surface area contributed by atoms with Crippen LogP contribution < -0.4 is 0 Å². The van der Waals surface area contributed by atoms with Gasteiger partial charge in [0, 0.05) is 0 Å². The van der Waals surface area contributed by atoms with Gasteiger partial charge in [0.1, 0.15) is 0 Å². The largest absolute Gasteiger partial charge is 0.416 e. The summed E-state index contributed by atoms with van der Waals surface area (Å²) in [7, 11) is 0. The fourth-order valence-corrected chi connectivity index (χ4v) is 1.27. The van der Waals surface area contributed by atoms with E-state index in [4.69, 9.17) is 0 Å². The maximum atomic E-state index is 12.4. The molecule has 0 aliphatic heterocycles. The zero-order valence-corrected chi connectivity index (χ0v) is 10.7. The summed E-state index contributed by atoms with van der Waals surface area (Å²) in [6.45, 7) is 5.51. The normalized spacial score (nSPS) is 12.3. The summed E-state index contributed by atoms with van der Waals surface area (Å²) in [6.07, 6.45) is -7.03. The van der Waals surface area contributed by atoms with Crippen molar-refractivity contribution in [1.29, 1.82) is 0 Å². The zero-order chi connectivity index (χ0) is 15.3. The summed E-state index contributed by atoms with van der Waals surface area (Å²) in [4.78, 5) is 0. The Bertz CT molecular complexity index is 393. The van der Waals surface area contributed by atoms with E-state index in [1.165, 1.54) is 19.1 Å². The van der Waals surface area contributed by atoms with E-state index in [2.05, 4.69) is 0 Å². The van der Waals surface area contributed by atoms with Crippen LogP contribution in [0.2, 0.25) is 0 Å². The molecule has 1 aromatic carbocycles. The van der Waals surface area contributed by atoms with Gasteiger partial charge < -0.3 is 0 Å². The number of hydrogen-bond donors (Lipinski definition) is 0. The molecule has 0 fully saturated rings. The van der Waals surface area contributed by atoms with Crippen LogP contribution in [-0.4, -0.2) is 0 Å². The first kappa shape index (κ1) is 17.5. The molecule has 1 rings (SSSR count). The molecule has 108 valence electrons. The predicted octanol–water partition coefficient (Wildman–Crippen LogP) is 5.78. The Labute approximate surface area is 107 Å². The number of rotatable bonds is 1. The van der Waals surface area contributed by atoms with Crippen molar-refractivity contribution in [3.8, 4) is 0 Å². The van der Waals surface area contributed by atoms with Crippen LogP contribution >= 0.6 is 0 Å². The van der Waals surface area contributed by atoms with Crippen molar-refractivity contribution in [2.45, 2.75) is 33.1 Å². The molecule has 0 heterocycles. The van der Waals surface area contributed by atoms with E-state index in [-0.39, 0.29) is 11.6 Å². The van der Waals surface area contributed by atoms with Gasteiger partial charge in [-0.25, -0.2) is 0 Å². The van der Waals surface area contributed by atoms with Crippen LogP contribution in [0.25, 0.3) is 6.08 Å². The van der Waals surface area contributed by atoms with Gasteiger partial charge >= 0.3 is 12.4 Å². The third kappa shape index (κ3) is 5.36. The van der Waals surface area contributed by atoms with Crippen molar-refractivity contribution < 1.29 is 26.3 Å². The quantitative estimate of drug-likeness (QED) is 0.573. The first-order valence-corrected chi connectivity index (χ1v) is 5.57. The van der Waals surface area contributed by atoms with Gasteiger partial charge in [0.25, 0.3) is 0 Å². The fourth-order valence-electron chi connectivity index (χ4n) is 1.27. The van der Waals surface area contributed by atoms with Crippen molar-refractivity contribution >= 4 is 6.08 Å². The molecule has 0 atom stereocenters. The van der Waals surface area contributed by atoms with Gasteiger partial charge in [0.2, 0.25) is 0 Å². The number of alkyl halides is 6. The highest BCUT2D eigenvalue weighted by Gasteiger charge is 2.36. The molecule has 0 saturated carbocycles. The minimum Gasteiger partial charge on any atom is -0.166 e. The lowest BCUT2D eigenvalue weighted by atomic mass is 10.0. The van der Waals surface area contributed by atoms with Crippen molar-refractivity contribution in [3.63, 3.8) is 0 Å². The molecule has 0 aromatic heterocycles. The average Bonchev–Trinajstić information content (AvgIpc) is 2.29. The minimum absolute atomic E-state index is 0.104. The monoisotopic (exact) mass is 284 g/mol. The Hall–Kier alpha value is -1.46. The van der Waals surface area contributed by atoms with E-state index in [1.807, 2.05) is 13.8 Å². The molecule has 0 saturated heterocycles. The molecule has 0 aliphatic carbocycles. The summed E-state index contributed by atoms with van der Waals surface area (Å²) < 4.78 is 74.3. The smallest absolute Gasteiger partial charge is 0.166 e. The van der Waals surface area contributed by atoms with Gasteiger partial charge in [0.15, 0.2) is 0 Å². The Morgan fingerprint density at radius 2 is 1.16 bits per heavy atom. The van der Waals surface area contributed by atoms with Crippen LogP contribution in [0, 0.1) is 0 Å². The van der Waals surface area contributed by atoms with Crippen LogP contribution in [0.1, 0.15) is 37.5 Å². The highest BCUT2D eigenvalue weighted by molar-refractivity contribution is 5.52. The molecule has 1 aromatic rings. The molecule has 0 unspecified atom stereocenters. The molecule has 19 heavy (non-hydrogen) atoms. The van der Waals surface area contributed by atoms with Gasteiger partial charge in [-0.15, -0.1) is 0 Å². The van der Waals surface area contributed by atoms with Crippen LogP contribution in [0.4, 0.5) is 26.3 Å². The number of hydrogen-bond acceptors (Lipinski definition) is 0. The van der Waals surface area contributed by atoms with Crippen molar-refractivity contribution in [2.75, 3.05) is 0 Å². The first-order chi connectivity index (χ1) is 8.64. The first-order valence-electron chi connectivity index (χ1n) is 5.57. The lowest BCUT2D eigenvalue weighted by Gasteiger charge is -2.12. The maximum Gasteiger partial charge on any atom is 0.416 e. The van der Waals surface area contributed by atoms with E-state index in [0.717, 1.165) is 0 Å². The molecule has 6 heteroatoms. The summed E-state index contributed by atoms with van der Waals surface area (Å²) in [5, 5.41) is 0. The van der Waals surface area contributed by atoms with Crippen molar-refractivity contribution in [3.05, 3.63) is 41.0 Å². The second-order valence-electron chi connectivity index (χ2n) is 3.34. The third-order valence-electron chi connectivity index (χ3n) is 1.97. The molecular formula is C13H14F6. The predicted molar refractivity (Wildman–Crippen MR) is 62.5 cm³/mol. The van der Waals surface area contributed by atoms with E-state index in [1.54, 1.807) is 0 Å². The lowest BCUT2D eigenvalue weighted by molar-refractivity contribution is -0.143. The van der Waals surface area contributed by atoms with E-state index in [9.17, 15) is 26.3 Å². The van der Waals surface area contributed by atoms with E-state index < -0.39 is 23.5 Å². The minimum atomic E-state index is -4.79. The zero-order valence-electron chi connectivity index (χ0n) is 10.7. The average molecular weight is 284 g/mol. The SMILES string of the molecule is C/C=C/c1cc(C(F)(F)F)cc(C(F)(F)F)c1.CC. The third-order valence-corrected chi connectivity index (χ3v) is 1.97. The van der Waals surface area contributed by atoms with Crippen LogP contribution in [-0.2, 0) is 12.4 Å². The maximum absolute atomic E-state index is 12.4. The molecule has 0 radical (unpaired) electrons. The number of benzene rings is 1. The Balaban J connectivity index is 0.00000154. The molecule has 0 aliphatic rings. The van der Waals surface area contributed by atoms with Gasteiger partial charge in [0.05, 0.1) is 11.1 Å².